The molecule has 1 heterocycles. The number of nitrogens with one attached hydrogen (secondary N) is 1. The number of aromatic amines is 1. The van der Waals surface area contributed by atoms with Gasteiger partial charge in [0.1, 0.15) is 5.82 Å². The number of aryl methyl sites for hydroxylation is 1. The lowest BCUT2D eigenvalue weighted by molar-refractivity contribution is 0.277. The number of H-pyrrole nitrogens is 1. The quantitative estimate of drug-likeness (QED) is 0.823. The van der Waals surface area contributed by atoms with Gasteiger partial charge in [0.2, 0.25) is 0 Å². The van der Waals surface area contributed by atoms with E-state index in [2.05, 4.69) is 9.97 Å². The molecule has 0 aliphatic carbocycles. The number of benzene rings is 1. The van der Waals surface area contributed by atoms with Crippen molar-refractivity contribution in [2.75, 3.05) is 0 Å². The van der Waals surface area contributed by atoms with Crippen molar-refractivity contribution in [3.8, 4) is 11.4 Å². The third-order valence-corrected chi connectivity index (χ3v) is 2.12. The number of rotatable bonds is 2. The minimum Gasteiger partial charge on any atom is -0.390 e. The summed E-state index contributed by atoms with van der Waals surface area (Å²) >= 11 is 0. The first-order chi connectivity index (χ1) is 6.79. The van der Waals surface area contributed by atoms with Gasteiger partial charge in [-0.3, -0.25) is 0 Å². The summed E-state index contributed by atoms with van der Waals surface area (Å²) in [7, 11) is 0. The molecule has 2 N–H and O–H groups in total. The summed E-state index contributed by atoms with van der Waals surface area (Å²) in [6.07, 6.45) is 1.65. The first-order valence-electron chi connectivity index (χ1n) is 4.51. The summed E-state index contributed by atoms with van der Waals surface area (Å²) < 4.78 is 0. The first-order valence-corrected chi connectivity index (χ1v) is 4.51. The Morgan fingerprint density at radius 2 is 1.93 bits per heavy atom. The number of aliphatic hydroxyl groups is 1. The van der Waals surface area contributed by atoms with Gasteiger partial charge >= 0.3 is 0 Å². The Hall–Kier alpha value is -1.32. The fraction of sp³-hybridized carbons (Fsp3) is 0.182. The van der Waals surface area contributed by atoms with Gasteiger partial charge in [0, 0.05) is 5.56 Å². The number of aromatic nitrogens is 2. The highest BCUT2D eigenvalue weighted by atomic mass is 35.5. The van der Waals surface area contributed by atoms with Gasteiger partial charge < -0.3 is 10.1 Å². The molecule has 0 saturated heterocycles. The maximum absolute atomic E-state index is 8.87. The molecule has 2 aromatic rings. The van der Waals surface area contributed by atoms with Crippen LogP contribution in [0.1, 0.15) is 11.3 Å². The summed E-state index contributed by atoms with van der Waals surface area (Å²) in [4.78, 5) is 7.21. The van der Waals surface area contributed by atoms with Gasteiger partial charge in [0.15, 0.2) is 0 Å². The molecule has 0 radical (unpaired) electrons. The summed E-state index contributed by atoms with van der Waals surface area (Å²) in [6, 6.07) is 8.09. The van der Waals surface area contributed by atoms with Gasteiger partial charge in [-0.1, -0.05) is 29.8 Å². The molecule has 0 aliphatic heterocycles. The molecule has 1 aromatic heterocycles. The van der Waals surface area contributed by atoms with Crippen LogP contribution in [-0.4, -0.2) is 15.1 Å². The number of nitrogens with zero attached hydrogens (tertiary/aromatic N) is 1. The Balaban J connectivity index is 0.00000112. The SMILES string of the molecule is Cc1ccc(-c2ncc(CO)[nH]2)cc1.Cl. The molecule has 0 spiro atoms. The third-order valence-electron chi connectivity index (χ3n) is 2.12. The molecule has 0 amide bonds. The molecular formula is C11H13ClN2O. The first kappa shape index (κ1) is 11.8. The van der Waals surface area contributed by atoms with Gasteiger partial charge in [0.25, 0.3) is 0 Å². The second-order valence-electron chi connectivity index (χ2n) is 3.28. The molecule has 0 fully saturated rings. The van der Waals surface area contributed by atoms with E-state index in [0.29, 0.717) is 0 Å². The van der Waals surface area contributed by atoms with Crippen LogP contribution >= 0.6 is 12.4 Å². The van der Waals surface area contributed by atoms with Crippen molar-refractivity contribution in [2.45, 2.75) is 13.5 Å². The number of aliphatic hydroxyl groups excluding tert-OH is 1. The highest BCUT2D eigenvalue weighted by Crippen LogP contribution is 2.15. The van der Waals surface area contributed by atoms with Gasteiger partial charge in [-0.15, -0.1) is 12.4 Å². The van der Waals surface area contributed by atoms with Crippen LogP contribution in [0, 0.1) is 6.92 Å². The zero-order chi connectivity index (χ0) is 9.97. The van der Waals surface area contributed by atoms with E-state index in [9.17, 15) is 0 Å². The fourth-order valence-corrected chi connectivity index (χ4v) is 1.30. The predicted octanol–water partition coefficient (Wildman–Crippen LogP) is 2.30. The molecule has 0 aliphatic rings. The van der Waals surface area contributed by atoms with Crippen LogP contribution in [0.3, 0.4) is 0 Å². The van der Waals surface area contributed by atoms with E-state index in [1.54, 1.807) is 6.20 Å². The zero-order valence-electron chi connectivity index (χ0n) is 8.40. The van der Waals surface area contributed by atoms with Crippen molar-refractivity contribution < 1.29 is 5.11 Å². The van der Waals surface area contributed by atoms with Gasteiger partial charge in [0.05, 0.1) is 18.5 Å². The average molecular weight is 225 g/mol. The van der Waals surface area contributed by atoms with Crippen molar-refractivity contribution in [1.82, 2.24) is 9.97 Å². The van der Waals surface area contributed by atoms with Crippen LogP contribution in [0.5, 0.6) is 0 Å². The summed E-state index contributed by atoms with van der Waals surface area (Å²) in [5.41, 5.74) is 3.00. The molecule has 0 saturated carbocycles. The van der Waals surface area contributed by atoms with E-state index < -0.39 is 0 Å². The van der Waals surface area contributed by atoms with Crippen molar-refractivity contribution >= 4 is 12.4 Å². The second-order valence-corrected chi connectivity index (χ2v) is 3.28. The molecule has 3 nitrogen and oxygen atoms in total. The second kappa shape index (κ2) is 4.96. The molecule has 1 aromatic carbocycles. The van der Waals surface area contributed by atoms with E-state index in [1.807, 2.05) is 31.2 Å². The number of hydrogen-bond acceptors (Lipinski definition) is 2. The summed E-state index contributed by atoms with van der Waals surface area (Å²) in [6.45, 7) is 2.05. The molecule has 0 unspecified atom stereocenters. The standard InChI is InChI=1S/C11H12N2O.ClH/c1-8-2-4-9(5-3-8)11-12-6-10(7-14)13-11;/h2-6,14H,7H2,1H3,(H,12,13);1H. The fourth-order valence-electron chi connectivity index (χ4n) is 1.30. The van der Waals surface area contributed by atoms with Gasteiger partial charge in [-0.05, 0) is 6.92 Å². The molecule has 0 bridgehead atoms. The van der Waals surface area contributed by atoms with E-state index in [-0.39, 0.29) is 19.0 Å². The Morgan fingerprint density at radius 3 is 2.47 bits per heavy atom. The predicted molar refractivity (Wildman–Crippen MR) is 61.9 cm³/mol. The molecule has 2 rings (SSSR count). The van der Waals surface area contributed by atoms with Gasteiger partial charge in [-0.25, -0.2) is 4.98 Å². The zero-order valence-corrected chi connectivity index (χ0v) is 9.21. The minimum absolute atomic E-state index is 0. The normalized spacial score (nSPS) is 9.73. The van der Waals surface area contributed by atoms with Crippen LogP contribution < -0.4 is 0 Å². The Morgan fingerprint density at radius 1 is 1.27 bits per heavy atom. The smallest absolute Gasteiger partial charge is 0.137 e. The highest BCUT2D eigenvalue weighted by molar-refractivity contribution is 5.85. The van der Waals surface area contributed by atoms with Crippen LogP contribution in [0.4, 0.5) is 0 Å². The Kier molecular flexibility index (Phi) is 3.88. The molecule has 0 atom stereocenters. The largest absolute Gasteiger partial charge is 0.390 e. The van der Waals surface area contributed by atoms with E-state index in [1.165, 1.54) is 5.56 Å². The summed E-state index contributed by atoms with van der Waals surface area (Å²) in [5, 5.41) is 8.87. The third kappa shape index (κ3) is 2.58. The number of halogens is 1. The molecule has 80 valence electrons. The Bertz CT molecular complexity index is 422. The van der Waals surface area contributed by atoms with Crippen LogP contribution in [-0.2, 0) is 6.61 Å². The van der Waals surface area contributed by atoms with E-state index in [0.717, 1.165) is 17.1 Å². The molecule has 15 heavy (non-hydrogen) atoms. The van der Waals surface area contributed by atoms with E-state index in [4.69, 9.17) is 5.11 Å². The lowest BCUT2D eigenvalue weighted by Crippen LogP contribution is -1.83. The Labute approximate surface area is 94.6 Å². The minimum atomic E-state index is -0.00113. The maximum atomic E-state index is 8.87. The van der Waals surface area contributed by atoms with E-state index >= 15 is 0 Å². The lowest BCUT2D eigenvalue weighted by Gasteiger charge is -1.97. The van der Waals surface area contributed by atoms with Crippen LogP contribution in [0.15, 0.2) is 30.5 Å². The summed E-state index contributed by atoms with van der Waals surface area (Å²) in [5.74, 6) is 0.800. The number of imidazole rings is 1. The van der Waals surface area contributed by atoms with Crippen molar-refractivity contribution in [3.63, 3.8) is 0 Å². The lowest BCUT2D eigenvalue weighted by atomic mass is 10.1. The average Bonchev–Trinajstić information content (AvgIpc) is 2.67. The number of hydrogen-bond donors (Lipinski definition) is 2. The monoisotopic (exact) mass is 224 g/mol. The van der Waals surface area contributed by atoms with Crippen LogP contribution in [0.25, 0.3) is 11.4 Å². The maximum Gasteiger partial charge on any atom is 0.137 e. The van der Waals surface area contributed by atoms with Crippen molar-refractivity contribution in [3.05, 3.63) is 41.7 Å². The van der Waals surface area contributed by atoms with Gasteiger partial charge in [-0.2, -0.15) is 0 Å². The van der Waals surface area contributed by atoms with Crippen molar-refractivity contribution in [1.29, 1.82) is 0 Å². The van der Waals surface area contributed by atoms with Crippen molar-refractivity contribution in [2.24, 2.45) is 0 Å². The molecular weight excluding hydrogens is 212 g/mol. The van der Waals surface area contributed by atoms with Crippen LogP contribution in [0.2, 0.25) is 0 Å². The molecule has 4 heteroatoms. The highest BCUT2D eigenvalue weighted by Gasteiger charge is 2.01. The topological polar surface area (TPSA) is 48.9 Å².